The molecule has 0 fully saturated rings. The fourth-order valence-corrected chi connectivity index (χ4v) is 1.64. The maximum Gasteiger partial charge on any atom is 0.127 e. The van der Waals surface area contributed by atoms with Crippen molar-refractivity contribution in [3.05, 3.63) is 53.3 Å². The molecule has 0 radical (unpaired) electrons. The summed E-state index contributed by atoms with van der Waals surface area (Å²) in [5.41, 5.74) is 2.65. The summed E-state index contributed by atoms with van der Waals surface area (Å²) in [6, 6.07) is 8.16. The third-order valence-electron chi connectivity index (χ3n) is 2.56. The first-order valence-corrected chi connectivity index (χ1v) is 5.35. The van der Waals surface area contributed by atoms with Crippen molar-refractivity contribution in [3.8, 4) is 5.75 Å². The molecule has 1 aliphatic rings. The highest BCUT2D eigenvalue weighted by atomic mass is 16.5. The van der Waals surface area contributed by atoms with Gasteiger partial charge >= 0.3 is 0 Å². The number of allylic oxidation sites excluding steroid dienone is 4. The van der Waals surface area contributed by atoms with Crippen molar-refractivity contribution in [2.24, 2.45) is 0 Å². The molecular weight excluding hydrogens is 184 g/mol. The summed E-state index contributed by atoms with van der Waals surface area (Å²) >= 11 is 0. The second-order valence-corrected chi connectivity index (χ2v) is 4.06. The van der Waals surface area contributed by atoms with Gasteiger partial charge < -0.3 is 4.74 Å². The van der Waals surface area contributed by atoms with Crippen molar-refractivity contribution < 1.29 is 4.74 Å². The Labute approximate surface area is 91.1 Å². The molecule has 78 valence electrons. The number of hydrogen-bond acceptors (Lipinski definition) is 1. The number of hydrogen-bond donors (Lipinski definition) is 0. The van der Waals surface area contributed by atoms with E-state index in [0.29, 0.717) is 0 Å². The largest absolute Gasteiger partial charge is 0.462 e. The van der Waals surface area contributed by atoms with Crippen molar-refractivity contribution in [2.45, 2.75) is 26.7 Å². The number of ether oxygens (including phenoxy) is 1. The first-order chi connectivity index (χ1) is 7.24. The lowest BCUT2D eigenvalue weighted by Gasteiger charge is -2.13. The summed E-state index contributed by atoms with van der Waals surface area (Å²) in [4.78, 5) is 0. The maximum absolute atomic E-state index is 5.80. The molecule has 15 heavy (non-hydrogen) atoms. The van der Waals surface area contributed by atoms with Crippen LogP contribution in [0.1, 0.15) is 25.3 Å². The van der Waals surface area contributed by atoms with E-state index in [1.54, 1.807) is 0 Å². The Kier molecular flexibility index (Phi) is 2.91. The summed E-state index contributed by atoms with van der Waals surface area (Å²) < 4.78 is 5.80. The monoisotopic (exact) mass is 200 g/mol. The third kappa shape index (κ3) is 2.72. The first-order valence-electron chi connectivity index (χ1n) is 5.35. The zero-order valence-corrected chi connectivity index (χ0v) is 9.29. The van der Waals surface area contributed by atoms with Gasteiger partial charge in [-0.25, -0.2) is 0 Å². The van der Waals surface area contributed by atoms with E-state index in [2.05, 4.69) is 38.1 Å². The Morgan fingerprint density at radius 1 is 1.07 bits per heavy atom. The van der Waals surface area contributed by atoms with Gasteiger partial charge in [0.2, 0.25) is 0 Å². The molecule has 1 heteroatoms. The first kappa shape index (κ1) is 10.0. The minimum absolute atomic E-state index is 0.939. The lowest BCUT2D eigenvalue weighted by molar-refractivity contribution is 0.400. The topological polar surface area (TPSA) is 9.23 Å². The molecule has 0 unspecified atom stereocenters. The average molecular weight is 200 g/mol. The van der Waals surface area contributed by atoms with E-state index < -0.39 is 0 Å². The normalized spacial score (nSPS) is 15.6. The van der Waals surface area contributed by atoms with Crippen LogP contribution in [-0.2, 0) is 0 Å². The van der Waals surface area contributed by atoms with E-state index in [1.807, 2.05) is 12.1 Å². The highest BCUT2D eigenvalue weighted by Gasteiger charge is 2.05. The maximum atomic E-state index is 5.80. The minimum Gasteiger partial charge on any atom is -0.462 e. The Morgan fingerprint density at radius 3 is 2.60 bits per heavy atom. The Bertz CT molecular complexity index is 413. The molecule has 0 amide bonds. The molecule has 1 nitrogen and oxygen atoms in total. The van der Waals surface area contributed by atoms with Crippen LogP contribution in [0.3, 0.4) is 0 Å². The molecule has 0 aromatic heterocycles. The fourth-order valence-electron chi connectivity index (χ4n) is 1.64. The van der Waals surface area contributed by atoms with E-state index in [1.165, 1.54) is 11.1 Å². The molecule has 0 saturated heterocycles. The summed E-state index contributed by atoms with van der Waals surface area (Å²) in [5, 5.41) is 0. The predicted octanol–water partition coefficient (Wildman–Crippen LogP) is 4.00. The zero-order valence-electron chi connectivity index (χ0n) is 9.29. The van der Waals surface area contributed by atoms with E-state index in [9.17, 15) is 0 Å². The van der Waals surface area contributed by atoms with Crippen molar-refractivity contribution >= 4 is 0 Å². The van der Waals surface area contributed by atoms with Crippen LogP contribution in [-0.4, -0.2) is 0 Å². The SMILES string of the molecule is CC1=CC=C(Oc2cccc(C)c2)CC1. The lowest BCUT2D eigenvalue weighted by atomic mass is 10.1. The van der Waals surface area contributed by atoms with Crippen molar-refractivity contribution in [3.63, 3.8) is 0 Å². The molecule has 0 atom stereocenters. The third-order valence-corrected chi connectivity index (χ3v) is 2.56. The van der Waals surface area contributed by atoms with Gasteiger partial charge in [-0.05, 0) is 44.0 Å². The summed E-state index contributed by atoms with van der Waals surface area (Å²) in [6.07, 6.45) is 6.32. The molecule has 0 heterocycles. The van der Waals surface area contributed by atoms with Crippen LogP contribution in [0.5, 0.6) is 5.75 Å². The molecule has 1 aromatic carbocycles. The van der Waals surface area contributed by atoms with Crippen molar-refractivity contribution in [2.75, 3.05) is 0 Å². The zero-order chi connectivity index (χ0) is 10.7. The van der Waals surface area contributed by atoms with Gasteiger partial charge in [0.05, 0.1) is 0 Å². The highest BCUT2D eigenvalue weighted by Crippen LogP contribution is 2.22. The van der Waals surface area contributed by atoms with Crippen LogP contribution in [0.2, 0.25) is 0 Å². The van der Waals surface area contributed by atoms with Crippen LogP contribution in [0.4, 0.5) is 0 Å². The van der Waals surface area contributed by atoms with Crippen LogP contribution in [0, 0.1) is 6.92 Å². The van der Waals surface area contributed by atoms with Gasteiger partial charge in [-0.1, -0.05) is 23.8 Å². The highest BCUT2D eigenvalue weighted by molar-refractivity contribution is 5.30. The Balaban J connectivity index is 2.10. The van der Waals surface area contributed by atoms with E-state index in [0.717, 1.165) is 24.4 Å². The molecule has 0 saturated carbocycles. The van der Waals surface area contributed by atoms with E-state index in [4.69, 9.17) is 4.74 Å². The number of rotatable bonds is 2. The number of benzene rings is 1. The quantitative estimate of drug-likeness (QED) is 0.701. The van der Waals surface area contributed by atoms with Crippen LogP contribution >= 0.6 is 0 Å². The van der Waals surface area contributed by atoms with E-state index in [-0.39, 0.29) is 0 Å². The van der Waals surface area contributed by atoms with Crippen LogP contribution < -0.4 is 4.74 Å². The molecule has 1 aromatic rings. The average Bonchev–Trinajstić information content (AvgIpc) is 2.22. The summed E-state index contributed by atoms with van der Waals surface area (Å²) in [7, 11) is 0. The second kappa shape index (κ2) is 4.35. The summed E-state index contributed by atoms with van der Waals surface area (Å²) in [5.74, 6) is 2.00. The van der Waals surface area contributed by atoms with Crippen molar-refractivity contribution in [1.82, 2.24) is 0 Å². The Morgan fingerprint density at radius 2 is 1.93 bits per heavy atom. The molecule has 0 bridgehead atoms. The number of aryl methyl sites for hydroxylation is 1. The van der Waals surface area contributed by atoms with Crippen LogP contribution in [0.25, 0.3) is 0 Å². The smallest absolute Gasteiger partial charge is 0.127 e. The minimum atomic E-state index is 0.939. The molecule has 1 aliphatic carbocycles. The van der Waals surface area contributed by atoms with Gasteiger partial charge in [0, 0.05) is 6.42 Å². The van der Waals surface area contributed by atoms with Crippen molar-refractivity contribution in [1.29, 1.82) is 0 Å². The predicted molar refractivity (Wildman–Crippen MR) is 62.9 cm³/mol. The summed E-state index contributed by atoms with van der Waals surface area (Å²) in [6.45, 7) is 4.23. The van der Waals surface area contributed by atoms with Crippen LogP contribution in [0.15, 0.2) is 47.7 Å². The molecule has 0 N–H and O–H groups in total. The lowest BCUT2D eigenvalue weighted by Crippen LogP contribution is -1.99. The molecule has 0 spiro atoms. The standard InChI is InChI=1S/C14H16O/c1-11-6-8-13(9-7-11)15-14-5-3-4-12(2)10-14/h3-6,8,10H,7,9H2,1-2H3. The van der Waals surface area contributed by atoms with Gasteiger partial charge in [0.1, 0.15) is 11.5 Å². The van der Waals surface area contributed by atoms with E-state index >= 15 is 0 Å². The molecule has 0 aliphatic heterocycles. The van der Waals surface area contributed by atoms with Gasteiger partial charge in [-0.15, -0.1) is 0 Å². The van der Waals surface area contributed by atoms with Gasteiger partial charge in [-0.2, -0.15) is 0 Å². The second-order valence-electron chi connectivity index (χ2n) is 4.06. The van der Waals surface area contributed by atoms with Gasteiger partial charge in [0.25, 0.3) is 0 Å². The van der Waals surface area contributed by atoms with Gasteiger partial charge in [0.15, 0.2) is 0 Å². The molecular formula is C14H16O. The molecule has 2 rings (SSSR count). The van der Waals surface area contributed by atoms with Gasteiger partial charge in [-0.3, -0.25) is 0 Å². The Hall–Kier alpha value is -1.50. The fraction of sp³-hybridized carbons (Fsp3) is 0.286.